The van der Waals surface area contributed by atoms with E-state index in [4.69, 9.17) is 4.52 Å². The molecule has 0 amide bonds. The van der Waals surface area contributed by atoms with Crippen LogP contribution in [0.1, 0.15) is 49.1 Å². The Hall–Kier alpha value is -0.870. The van der Waals surface area contributed by atoms with Gasteiger partial charge >= 0.3 is 0 Å². The van der Waals surface area contributed by atoms with Crippen molar-refractivity contribution in [2.24, 2.45) is 5.92 Å². The highest BCUT2D eigenvalue weighted by molar-refractivity contribution is 5.20. The lowest BCUT2D eigenvalue weighted by atomic mass is 9.76. The molecule has 0 unspecified atom stereocenters. The van der Waals surface area contributed by atoms with Gasteiger partial charge in [0.25, 0.3) is 0 Å². The first-order valence-corrected chi connectivity index (χ1v) is 8.55. The van der Waals surface area contributed by atoms with Crippen molar-refractivity contribution < 1.29 is 4.52 Å². The topological polar surface area (TPSA) is 32.5 Å². The maximum atomic E-state index is 5.29. The van der Waals surface area contributed by atoms with Crippen molar-refractivity contribution in [1.82, 2.24) is 15.0 Å². The molecule has 0 bridgehead atoms. The van der Waals surface area contributed by atoms with Gasteiger partial charge in [0.05, 0.1) is 5.69 Å². The van der Waals surface area contributed by atoms with Gasteiger partial charge in [0.15, 0.2) is 0 Å². The van der Waals surface area contributed by atoms with Gasteiger partial charge in [-0.05, 0) is 51.9 Å². The van der Waals surface area contributed by atoms with E-state index in [0.29, 0.717) is 5.54 Å². The molecule has 3 heterocycles. The Morgan fingerprint density at radius 3 is 2.38 bits per heavy atom. The Morgan fingerprint density at radius 2 is 1.86 bits per heavy atom. The van der Waals surface area contributed by atoms with E-state index in [1.807, 2.05) is 6.92 Å². The van der Waals surface area contributed by atoms with E-state index in [9.17, 15) is 0 Å². The molecule has 2 saturated heterocycles. The molecular weight excluding hydrogens is 262 g/mol. The summed E-state index contributed by atoms with van der Waals surface area (Å²) in [4.78, 5) is 5.39. The average molecular weight is 289 g/mol. The van der Waals surface area contributed by atoms with Gasteiger partial charge in [0.2, 0.25) is 0 Å². The van der Waals surface area contributed by atoms with Crippen LogP contribution < -0.4 is 0 Å². The van der Waals surface area contributed by atoms with Crippen LogP contribution in [-0.2, 0) is 6.54 Å². The fourth-order valence-corrected chi connectivity index (χ4v) is 4.13. The molecule has 4 nitrogen and oxygen atoms in total. The summed E-state index contributed by atoms with van der Waals surface area (Å²) in [5, 5.41) is 4.08. The molecule has 116 valence electrons. The Bertz CT molecular complexity index is 493. The van der Waals surface area contributed by atoms with Crippen molar-refractivity contribution in [2.75, 3.05) is 26.2 Å². The predicted molar refractivity (Wildman–Crippen MR) is 82.1 cm³/mol. The van der Waals surface area contributed by atoms with Crippen molar-refractivity contribution in [3.05, 3.63) is 17.0 Å². The molecule has 0 radical (unpaired) electrons. The molecule has 4 heteroatoms. The lowest BCUT2D eigenvalue weighted by Crippen LogP contribution is -2.64. The number of hydrogen-bond acceptors (Lipinski definition) is 4. The molecule has 1 aromatic rings. The largest absolute Gasteiger partial charge is 0.361 e. The number of likely N-dealkylation sites (tertiary alicyclic amines) is 2. The predicted octanol–water partition coefficient (Wildman–Crippen LogP) is 2.74. The van der Waals surface area contributed by atoms with Crippen LogP contribution in [0.25, 0.3) is 0 Å². The van der Waals surface area contributed by atoms with E-state index in [-0.39, 0.29) is 0 Å². The fourth-order valence-electron chi connectivity index (χ4n) is 4.13. The summed E-state index contributed by atoms with van der Waals surface area (Å²) in [6, 6.07) is 0. The minimum atomic E-state index is 0.567. The van der Waals surface area contributed by atoms with Crippen molar-refractivity contribution in [3.63, 3.8) is 0 Å². The Morgan fingerprint density at radius 1 is 1.14 bits per heavy atom. The summed E-state index contributed by atoms with van der Waals surface area (Å²) in [6.07, 6.45) is 7.08. The zero-order chi connectivity index (χ0) is 14.4. The molecule has 1 aliphatic carbocycles. The second-order valence-electron chi connectivity index (χ2n) is 7.44. The SMILES string of the molecule is Cc1noc(C)c1CN1CCC2(CC1)CCN2CC1CC1. The van der Waals surface area contributed by atoms with Crippen LogP contribution in [0.4, 0.5) is 0 Å². The van der Waals surface area contributed by atoms with Crippen molar-refractivity contribution in [2.45, 2.75) is 58.0 Å². The van der Waals surface area contributed by atoms with Crippen LogP contribution in [0, 0.1) is 19.8 Å². The zero-order valence-electron chi connectivity index (χ0n) is 13.4. The van der Waals surface area contributed by atoms with Crippen molar-refractivity contribution >= 4 is 0 Å². The molecule has 1 saturated carbocycles. The number of rotatable bonds is 4. The average Bonchev–Trinajstić information content (AvgIpc) is 3.26. The molecule has 0 aromatic carbocycles. The third-order valence-corrected chi connectivity index (χ3v) is 6.04. The maximum Gasteiger partial charge on any atom is 0.138 e. The van der Waals surface area contributed by atoms with Gasteiger partial charge in [-0.2, -0.15) is 0 Å². The number of nitrogens with zero attached hydrogens (tertiary/aromatic N) is 3. The molecule has 0 atom stereocenters. The first-order valence-electron chi connectivity index (χ1n) is 8.55. The highest BCUT2D eigenvalue weighted by Crippen LogP contribution is 2.43. The first kappa shape index (κ1) is 13.8. The van der Waals surface area contributed by atoms with Gasteiger partial charge in [0, 0.05) is 43.8 Å². The van der Waals surface area contributed by atoms with Crippen LogP contribution in [0.15, 0.2) is 4.52 Å². The minimum absolute atomic E-state index is 0.567. The highest BCUT2D eigenvalue weighted by Gasteiger charge is 2.47. The van der Waals surface area contributed by atoms with Crippen LogP contribution in [0.2, 0.25) is 0 Å². The minimum Gasteiger partial charge on any atom is -0.361 e. The lowest BCUT2D eigenvalue weighted by molar-refractivity contribution is -0.0624. The summed E-state index contributed by atoms with van der Waals surface area (Å²) in [5.41, 5.74) is 2.93. The van der Waals surface area contributed by atoms with Gasteiger partial charge in [-0.1, -0.05) is 5.16 Å². The standard InChI is InChI=1S/C17H27N3O/c1-13-16(14(2)21-18-13)12-19-8-5-17(6-9-19)7-10-20(17)11-15-3-4-15/h15H,3-12H2,1-2H3. The number of piperidine rings is 1. The monoisotopic (exact) mass is 289 g/mol. The molecule has 3 aliphatic rings. The van der Waals surface area contributed by atoms with E-state index < -0.39 is 0 Å². The molecule has 2 aliphatic heterocycles. The Labute approximate surface area is 127 Å². The van der Waals surface area contributed by atoms with E-state index >= 15 is 0 Å². The van der Waals surface area contributed by atoms with Crippen LogP contribution in [0.5, 0.6) is 0 Å². The van der Waals surface area contributed by atoms with Gasteiger partial charge in [-0.25, -0.2) is 0 Å². The number of aryl methyl sites for hydroxylation is 2. The fraction of sp³-hybridized carbons (Fsp3) is 0.824. The summed E-state index contributed by atoms with van der Waals surface area (Å²) in [5.74, 6) is 2.02. The molecule has 3 fully saturated rings. The quantitative estimate of drug-likeness (QED) is 0.853. The molecule has 0 N–H and O–H groups in total. The molecule has 1 spiro atoms. The maximum absolute atomic E-state index is 5.29. The van der Waals surface area contributed by atoms with Crippen LogP contribution in [-0.4, -0.2) is 46.7 Å². The lowest BCUT2D eigenvalue weighted by Gasteiger charge is -2.57. The number of aromatic nitrogens is 1. The zero-order valence-corrected chi connectivity index (χ0v) is 13.4. The second-order valence-corrected chi connectivity index (χ2v) is 7.44. The van der Waals surface area contributed by atoms with E-state index in [1.54, 1.807) is 0 Å². The summed E-state index contributed by atoms with van der Waals surface area (Å²) in [7, 11) is 0. The Kier molecular flexibility index (Phi) is 3.34. The summed E-state index contributed by atoms with van der Waals surface area (Å²) >= 11 is 0. The third-order valence-electron chi connectivity index (χ3n) is 6.04. The van der Waals surface area contributed by atoms with E-state index in [2.05, 4.69) is 21.9 Å². The first-order chi connectivity index (χ1) is 10.2. The molecule has 21 heavy (non-hydrogen) atoms. The normalized spacial score (nSPS) is 26.2. The van der Waals surface area contributed by atoms with Gasteiger partial charge in [-0.3, -0.25) is 9.80 Å². The van der Waals surface area contributed by atoms with Crippen molar-refractivity contribution in [3.8, 4) is 0 Å². The van der Waals surface area contributed by atoms with Gasteiger partial charge in [0.1, 0.15) is 5.76 Å². The van der Waals surface area contributed by atoms with Gasteiger partial charge in [-0.15, -0.1) is 0 Å². The summed E-state index contributed by atoms with van der Waals surface area (Å²) in [6.45, 7) is 10.3. The van der Waals surface area contributed by atoms with E-state index in [1.165, 1.54) is 63.8 Å². The Balaban J connectivity index is 1.34. The van der Waals surface area contributed by atoms with Crippen LogP contribution >= 0.6 is 0 Å². The second kappa shape index (κ2) is 5.10. The summed E-state index contributed by atoms with van der Waals surface area (Å²) < 4.78 is 5.29. The van der Waals surface area contributed by atoms with Crippen LogP contribution in [0.3, 0.4) is 0 Å². The molecular formula is C17H27N3O. The third kappa shape index (κ3) is 2.53. The smallest absolute Gasteiger partial charge is 0.138 e. The molecule has 1 aromatic heterocycles. The van der Waals surface area contributed by atoms with E-state index in [0.717, 1.165) is 23.9 Å². The number of hydrogen-bond donors (Lipinski definition) is 0. The highest BCUT2D eigenvalue weighted by atomic mass is 16.5. The van der Waals surface area contributed by atoms with Crippen molar-refractivity contribution in [1.29, 1.82) is 0 Å². The molecule has 4 rings (SSSR count). The van der Waals surface area contributed by atoms with Gasteiger partial charge < -0.3 is 4.52 Å².